The molecule has 13 heavy (non-hydrogen) atoms. The number of nitrogens with zero attached hydrogens (tertiary/aromatic N) is 1. The Morgan fingerprint density at radius 1 is 1.38 bits per heavy atom. The van der Waals surface area contributed by atoms with E-state index in [-0.39, 0.29) is 12.2 Å². The number of fused-ring (bicyclic) bond motifs is 1. The maximum atomic E-state index is 9.01. The van der Waals surface area contributed by atoms with Crippen molar-refractivity contribution in [1.82, 2.24) is 4.57 Å². The number of hydrogen-bond donors (Lipinski definition) is 1. The molecular weight excluding hydrogens is 206 g/mol. The van der Waals surface area contributed by atoms with Crippen molar-refractivity contribution >= 4 is 33.8 Å². The normalized spacial score (nSPS) is 9.92. The molecule has 2 rings (SSSR count). The Balaban J connectivity index is 0.000000845. The maximum absolute atomic E-state index is 9.01. The molecule has 1 aromatic heterocycles. The van der Waals surface area contributed by atoms with Crippen LogP contribution in [0, 0.1) is 3.95 Å². The summed E-state index contributed by atoms with van der Waals surface area (Å²) >= 11 is 6.59. The minimum atomic E-state index is -0.0388. The van der Waals surface area contributed by atoms with Crippen LogP contribution in [-0.4, -0.2) is 15.1 Å². The van der Waals surface area contributed by atoms with Gasteiger partial charge in [-0.2, -0.15) is 0 Å². The third kappa shape index (κ3) is 1.64. The van der Waals surface area contributed by atoms with Gasteiger partial charge in [-0.3, -0.25) is 4.57 Å². The fourth-order valence-electron chi connectivity index (χ4n) is 1.15. The van der Waals surface area contributed by atoms with Crippen LogP contribution in [0.15, 0.2) is 24.3 Å². The average molecular weight is 215 g/mol. The highest BCUT2D eigenvalue weighted by atomic mass is 32.1. The lowest BCUT2D eigenvalue weighted by Crippen LogP contribution is -1.94. The van der Waals surface area contributed by atoms with Gasteiger partial charge in [0.25, 0.3) is 0 Å². The molecule has 0 fully saturated rings. The first-order valence-electron chi connectivity index (χ1n) is 3.52. The second-order valence-corrected chi connectivity index (χ2v) is 4.08. The summed E-state index contributed by atoms with van der Waals surface area (Å²) in [5.41, 5.74) is 1.01. The Bertz CT molecular complexity index is 460. The van der Waals surface area contributed by atoms with Crippen LogP contribution in [0.25, 0.3) is 10.2 Å². The monoisotopic (exact) mass is 215 g/mol. The van der Waals surface area contributed by atoms with Gasteiger partial charge in [-0.15, -0.1) is 11.3 Å². The number of benzene rings is 1. The Labute approximate surface area is 84.2 Å². The van der Waals surface area contributed by atoms with E-state index in [1.807, 2.05) is 24.3 Å². The molecular formula is C8H9NO2S2. The molecule has 1 aromatic carbocycles. The van der Waals surface area contributed by atoms with Crippen LogP contribution in [0.1, 0.15) is 0 Å². The van der Waals surface area contributed by atoms with Crippen LogP contribution in [0.4, 0.5) is 0 Å². The van der Waals surface area contributed by atoms with E-state index in [0.717, 1.165) is 14.2 Å². The van der Waals surface area contributed by atoms with Gasteiger partial charge in [0.2, 0.25) is 0 Å². The van der Waals surface area contributed by atoms with Crippen LogP contribution in [0.3, 0.4) is 0 Å². The highest BCUT2D eigenvalue weighted by Gasteiger charge is 2.01. The van der Waals surface area contributed by atoms with Crippen LogP contribution < -0.4 is 0 Å². The average Bonchev–Trinajstić information content (AvgIpc) is 2.40. The molecule has 0 atom stereocenters. The molecule has 3 N–H and O–H groups in total. The quantitative estimate of drug-likeness (QED) is 0.734. The Morgan fingerprint density at radius 2 is 2.08 bits per heavy atom. The zero-order chi connectivity index (χ0) is 8.55. The van der Waals surface area contributed by atoms with Crippen LogP contribution in [-0.2, 0) is 6.73 Å². The van der Waals surface area contributed by atoms with Gasteiger partial charge in [0.05, 0.1) is 10.2 Å². The number of aliphatic hydroxyl groups excluding tert-OH is 1. The minimum Gasteiger partial charge on any atom is -0.412 e. The molecule has 0 radical (unpaired) electrons. The van der Waals surface area contributed by atoms with E-state index in [2.05, 4.69) is 0 Å². The molecule has 3 nitrogen and oxygen atoms in total. The summed E-state index contributed by atoms with van der Waals surface area (Å²) in [6.07, 6.45) is 0. The third-order valence-corrected chi connectivity index (χ3v) is 3.15. The fourth-order valence-corrected chi connectivity index (χ4v) is 2.46. The van der Waals surface area contributed by atoms with Crippen molar-refractivity contribution in [1.29, 1.82) is 0 Å². The van der Waals surface area contributed by atoms with Gasteiger partial charge in [-0.05, 0) is 24.4 Å². The lowest BCUT2D eigenvalue weighted by Gasteiger charge is -1.96. The van der Waals surface area contributed by atoms with E-state index in [1.54, 1.807) is 4.57 Å². The van der Waals surface area contributed by atoms with Gasteiger partial charge in [-0.25, -0.2) is 0 Å². The summed E-state index contributed by atoms with van der Waals surface area (Å²) in [5, 5.41) is 9.01. The molecule has 5 heteroatoms. The van der Waals surface area contributed by atoms with Gasteiger partial charge in [-0.1, -0.05) is 12.1 Å². The molecule has 0 saturated carbocycles. The molecule has 2 aromatic rings. The zero-order valence-corrected chi connectivity index (χ0v) is 8.36. The van der Waals surface area contributed by atoms with Gasteiger partial charge in [0.15, 0.2) is 3.95 Å². The molecule has 0 aliphatic heterocycles. The van der Waals surface area contributed by atoms with E-state index < -0.39 is 0 Å². The Morgan fingerprint density at radius 3 is 2.77 bits per heavy atom. The zero-order valence-electron chi connectivity index (χ0n) is 6.73. The highest BCUT2D eigenvalue weighted by Crippen LogP contribution is 2.21. The first-order valence-corrected chi connectivity index (χ1v) is 4.74. The first kappa shape index (κ1) is 10.3. The SMILES string of the molecule is O.OCn1c(=S)sc2ccccc21. The topological polar surface area (TPSA) is 56.7 Å². The smallest absolute Gasteiger partial charge is 0.164 e. The molecule has 70 valence electrons. The number of thiazole rings is 1. The van der Waals surface area contributed by atoms with Gasteiger partial charge < -0.3 is 10.6 Å². The summed E-state index contributed by atoms with van der Waals surface area (Å²) in [6, 6.07) is 7.87. The largest absolute Gasteiger partial charge is 0.412 e. The van der Waals surface area contributed by atoms with E-state index in [0.29, 0.717) is 0 Å². The van der Waals surface area contributed by atoms with E-state index in [1.165, 1.54) is 11.3 Å². The molecule has 0 aliphatic carbocycles. The van der Waals surface area contributed by atoms with Crippen molar-refractivity contribution in [2.75, 3.05) is 0 Å². The standard InChI is InChI=1S/C8H7NOS2.H2O/c10-5-9-6-3-1-2-4-7(6)12-8(9)11;/h1-4,10H,5H2;1H2. The lowest BCUT2D eigenvalue weighted by atomic mass is 10.3. The first-order chi connectivity index (χ1) is 5.83. The number of rotatable bonds is 1. The summed E-state index contributed by atoms with van der Waals surface area (Å²) in [4.78, 5) is 0. The fraction of sp³-hybridized carbons (Fsp3) is 0.125. The predicted octanol–water partition coefficient (Wildman–Crippen LogP) is 1.56. The summed E-state index contributed by atoms with van der Waals surface area (Å²) in [6.45, 7) is -0.0388. The predicted molar refractivity (Wildman–Crippen MR) is 56.5 cm³/mol. The summed E-state index contributed by atoms with van der Waals surface area (Å²) in [5.74, 6) is 0. The number of hydrogen-bond acceptors (Lipinski definition) is 3. The van der Waals surface area contributed by atoms with Crippen LogP contribution >= 0.6 is 23.6 Å². The third-order valence-electron chi connectivity index (χ3n) is 1.72. The summed E-state index contributed by atoms with van der Waals surface area (Å²) in [7, 11) is 0. The van der Waals surface area contributed by atoms with Crippen molar-refractivity contribution in [2.24, 2.45) is 0 Å². The van der Waals surface area contributed by atoms with E-state index >= 15 is 0 Å². The highest BCUT2D eigenvalue weighted by molar-refractivity contribution is 7.73. The second-order valence-electron chi connectivity index (χ2n) is 2.41. The van der Waals surface area contributed by atoms with Crippen molar-refractivity contribution in [3.05, 3.63) is 28.2 Å². The minimum absolute atomic E-state index is 0. The number of aliphatic hydroxyl groups is 1. The van der Waals surface area contributed by atoms with E-state index in [9.17, 15) is 0 Å². The molecule has 0 unspecified atom stereocenters. The van der Waals surface area contributed by atoms with Gasteiger partial charge in [0, 0.05) is 0 Å². The second kappa shape index (κ2) is 3.97. The van der Waals surface area contributed by atoms with Crippen molar-refractivity contribution in [3.8, 4) is 0 Å². The molecule has 0 amide bonds. The van der Waals surface area contributed by atoms with Crippen molar-refractivity contribution in [3.63, 3.8) is 0 Å². The lowest BCUT2D eigenvalue weighted by molar-refractivity contribution is 0.215. The van der Waals surface area contributed by atoms with Gasteiger partial charge in [0.1, 0.15) is 6.73 Å². The Kier molecular flexibility index (Phi) is 3.16. The molecule has 0 aliphatic rings. The molecule has 0 bridgehead atoms. The van der Waals surface area contributed by atoms with Crippen LogP contribution in [0.2, 0.25) is 0 Å². The molecule has 1 heterocycles. The summed E-state index contributed by atoms with van der Waals surface area (Å²) < 4.78 is 3.56. The number of para-hydroxylation sites is 1. The van der Waals surface area contributed by atoms with Crippen LogP contribution in [0.5, 0.6) is 0 Å². The van der Waals surface area contributed by atoms with Crippen molar-refractivity contribution < 1.29 is 10.6 Å². The van der Waals surface area contributed by atoms with Gasteiger partial charge >= 0.3 is 0 Å². The van der Waals surface area contributed by atoms with Crippen molar-refractivity contribution in [2.45, 2.75) is 6.73 Å². The molecule has 0 spiro atoms. The maximum Gasteiger partial charge on any atom is 0.164 e. The number of aromatic nitrogens is 1. The Hall–Kier alpha value is -0.750. The van der Waals surface area contributed by atoms with E-state index in [4.69, 9.17) is 17.3 Å². The molecule has 0 saturated heterocycles.